The Morgan fingerprint density at radius 3 is 2.70 bits per heavy atom. The predicted molar refractivity (Wildman–Crippen MR) is 99.0 cm³/mol. The van der Waals surface area contributed by atoms with Crippen molar-refractivity contribution in [1.29, 1.82) is 0 Å². The average Bonchev–Trinajstić information content (AvgIpc) is 3.21. The molecule has 0 radical (unpaired) electrons. The number of aliphatic hydroxyl groups excluding tert-OH is 1. The van der Waals surface area contributed by atoms with Crippen LogP contribution in [-0.2, 0) is 19.9 Å². The number of halogens is 1. The Morgan fingerprint density at radius 1 is 1.30 bits per heavy atom. The first-order valence-corrected chi connectivity index (χ1v) is 9.63. The number of carbonyl (C=O) groups is 3. The van der Waals surface area contributed by atoms with E-state index in [1.807, 2.05) is 6.92 Å². The number of nitrogens with zero attached hydrogens (tertiary/aromatic N) is 1. The van der Waals surface area contributed by atoms with Gasteiger partial charge in [0.1, 0.15) is 5.54 Å². The molecule has 3 heterocycles. The number of fused-ring (bicyclic) bond motifs is 4. The lowest BCUT2D eigenvalue weighted by Gasteiger charge is -2.30. The second-order valence-electron chi connectivity index (χ2n) is 7.52. The highest BCUT2D eigenvalue weighted by Gasteiger charge is 2.71. The molecular weight excluding hydrogens is 370 g/mol. The minimum absolute atomic E-state index is 0.322. The molecule has 0 aliphatic carbocycles. The lowest BCUT2D eigenvalue weighted by Crippen LogP contribution is -2.54. The van der Waals surface area contributed by atoms with Crippen LogP contribution in [0.2, 0.25) is 5.02 Å². The van der Waals surface area contributed by atoms with Gasteiger partial charge in [-0.25, -0.2) is 0 Å². The predicted octanol–water partition coefficient (Wildman–Crippen LogP) is 1.24. The first kappa shape index (κ1) is 18.4. The van der Waals surface area contributed by atoms with Crippen LogP contribution < -0.4 is 10.6 Å². The molecule has 5 atom stereocenters. The minimum atomic E-state index is -1.40. The molecule has 2 saturated heterocycles. The van der Waals surface area contributed by atoms with Gasteiger partial charge in [0.05, 0.1) is 28.6 Å². The Labute approximate surface area is 162 Å². The van der Waals surface area contributed by atoms with Gasteiger partial charge in [-0.3, -0.25) is 24.6 Å². The highest BCUT2D eigenvalue weighted by molar-refractivity contribution is 6.35. The lowest BCUT2D eigenvalue weighted by molar-refractivity contribution is -0.143. The Hall–Kier alpha value is -1.96. The third-order valence-electron chi connectivity index (χ3n) is 5.98. The topological polar surface area (TPSA) is 98.7 Å². The fourth-order valence-electron chi connectivity index (χ4n) is 4.73. The van der Waals surface area contributed by atoms with Crippen molar-refractivity contribution < 1.29 is 19.5 Å². The van der Waals surface area contributed by atoms with E-state index in [1.165, 1.54) is 4.90 Å². The highest BCUT2D eigenvalue weighted by atomic mass is 35.5. The maximum absolute atomic E-state index is 13.2. The van der Waals surface area contributed by atoms with E-state index in [0.29, 0.717) is 29.2 Å². The fourth-order valence-corrected chi connectivity index (χ4v) is 4.96. The molecular formula is C19H22ClN3O4. The standard InChI is InChI=1S/C19H22ClN3O4/c1-3-4-8-23-16(25)12-13(17(23)26)19(22-14(12)9(2)24)10-6-5-7-11(20)15(10)21-18(19)27/h5-7,9,12-14,22,24H,3-4,8H2,1-2H3,(H,21,27)/t9-,12-,13-,14-,19-/m0/s1. The van der Waals surface area contributed by atoms with Crippen molar-refractivity contribution in [3.8, 4) is 0 Å². The number of carbonyl (C=O) groups excluding carboxylic acids is 3. The van der Waals surface area contributed by atoms with Gasteiger partial charge in [0.15, 0.2) is 0 Å². The number of nitrogens with one attached hydrogen (secondary N) is 2. The zero-order valence-electron chi connectivity index (χ0n) is 15.2. The van der Waals surface area contributed by atoms with E-state index in [0.717, 1.165) is 6.42 Å². The quantitative estimate of drug-likeness (QED) is 0.671. The normalized spacial score (nSPS) is 32.8. The number of rotatable bonds is 4. The van der Waals surface area contributed by atoms with E-state index >= 15 is 0 Å². The molecule has 3 N–H and O–H groups in total. The molecule has 2 fully saturated rings. The van der Waals surface area contributed by atoms with Crippen LogP contribution in [0.15, 0.2) is 18.2 Å². The number of amides is 3. The number of unbranched alkanes of at least 4 members (excludes halogenated alkanes) is 1. The number of aliphatic hydroxyl groups is 1. The van der Waals surface area contributed by atoms with Crippen LogP contribution in [0.4, 0.5) is 5.69 Å². The van der Waals surface area contributed by atoms with E-state index in [4.69, 9.17) is 11.6 Å². The largest absolute Gasteiger partial charge is 0.392 e. The Balaban J connectivity index is 1.87. The third-order valence-corrected chi connectivity index (χ3v) is 6.30. The fraction of sp³-hybridized carbons (Fsp3) is 0.526. The summed E-state index contributed by atoms with van der Waals surface area (Å²) in [6.45, 7) is 3.87. The average molecular weight is 392 g/mol. The van der Waals surface area contributed by atoms with Crippen LogP contribution in [-0.4, -0.2) is 46.4 Å². The van der Waals surface area contributed by atoms with Gasteiger partial charge in [-0.2, -0.15) is 0 Å². The summed E-state index contributed by atoms with van der Waals surface area (Å²) in [5.74, 6) is -2.79. The lowest BCUT2D eigenvalue weighted by atomic mass is 9.76. The second-order valence-corrected chi connectivity index (χ2v) is 7.93. The van der Waals surface area contributed by atoms with Crippen LogP contribution in [0.25, 0.3) is 0 Å². The molecule has 0 unspecified atom stereocenters. The molecule has 7 nitrogen and oxygen atoms in total. The zero-order valence-corrected chi connectivity index (χ0v) is 15.9. The Kier molecular flexibility index (Phi) is 4.29. The van der Waals surface area contributed by atoms with Gasteiger partial charge >= 0.3 is 0 Å². The summed E-state index contributed by atoms with van der Waals surface area (Å²) in [5, 5.41) is 16.6. The molecule has 1 aromatic rings. The van der Waals surface area contributed by atoms with E-state index < -0.39 is 35.4 Å². The van der Waals surface area contributed by atoms with Gasteiger partial charge in [0.25, 0.3) is 0 Å². The molecule has 0 saturated carbocycles. The molecule has 0 aromatic heterocycles. The van der Waals surface area contributed by atoms with Crippen LogP contribution in [0.3, 0.4) is 0 Å². The summed E-state index contributed by atoms with van der Waals surface area (Å²) in [7, 11) is 0. The van der Waals surface area contributed by atoms with Gasteiger partial charge in [-0.05, 0) is 19.4 Å². The molecule has 3 aliphatic rings. The van der Waals surface area contributed by atoms with Gasteiger partial charge < -0.3 is 10.4 Å². The van der Waals surface area contributed by atoms with Crippen molar-refractivity contribution in [1.82, 2.24) is 10.2 Å². The summed E-state index contributed by atoms with van der Waals surface area (Å²) < 4.78 is 0. The smallest absolute Gasteiger partial charge is 0.250 e. The molecule has 8 heteroatoms. The van der Waals surface area contributed by atoms with Crippen molar-refractivity contribution in [2.24, 2.45) is 11.8 Å². The number of hydrogen-bond acceptors (Lipinski definition) is 5. The van der Waals surface area contributed by atoms with Crippen molar-refractivity contribution in [2.45, 2.75) is 44.4 Å². The Bertz CT molecular complexity index is 842. The van der Waals surface area contributed by atoms with E-state index in [-0.39, 0.29) is 11.8 Å². The number of likely N-dealkylation sites (tertiary alicyclic amines) is 1. The second kappa shape index (κ2) is 6.29. The van der Waals surface area contributed by atoms with E-state index in [2.05, 4.69) is 10.6 Å². The summed E-state index contributed by atoms with van der Waals surface area (Å²) in [6, 6.07) is 4.41. The molecule has 1 spiro atoms. The maximum Gasteiger partial charge on any atom is 0.250 e. The summed E-state index contributed by atoms with van der Waals surface area (Å²) in [4.78, 5) is 40.6. The number of imide groups is 1. The summed E-state index contributed by atoms with van der Waals surface area (Å²) >= 11 is 6.25. The molecule has 27 heavy (non-hydrogen) atoms. The van der Waals surface area contributed by atoms with Crippen LogP contribution in [0.5, 0.6) is 0 Å². The van der Waals surface area contributed by atoms with Gasteiger partial charge in [0.2, 0.25) is 17.7 Å². The molecule has 4 rings (SSSR count). The number of hydrogen-bond donors (Lipinski definition) is 3. The monoisotopic (exact) mass is 391 g/mol. The van der Waals surface area contributed by atoms with Gasteiger partial charge in [-0.15, -0.1) is 0 Å². The number of benzene rings is 1. The molecule has 1 aromatic carbocycles. The first-order chi connectivity index (χ1) is 12.8. The van der Waals surface area contributed by atoms with E-state index in [1.54, 1.807) is 25.1 Å². The highest BCUT2D eigenvalue weighted by Crippen LogP contribution is 2.54. The zero-order chi connectivity index (χ0) is 19.5. The van der Waals surface area contributed by atoms with Crippen LogP contribution in [0.1, 0.15) is 32.3 Å². The van der Waals surface area contributed by atoms with E-state index in [9.17, 15) is 19.5 Å². The molecule has 3 aliphatic heterocycles. The molecule has 3 amide bonds. The minimum Gasteiger partial charge on any atom is -0.392 e. The van der Waals surface area contributed by atoms with Crippen molar-refractivity contribution in [3.63, 3.8) is 0 Å². The summed E-state index contributed by atoms with van der Waals surface area (Å²) in [5.41, 5.74) is -0.397. The molecule has 144 valence electrons. The van der Waals surface area contributed by atoms with Crippen LogP contribution in [0, 0.1) is 11.8 Å². The van der Waals surface area contributed by atoms with Gasteiger partial charge in [-0.1, -0.05) is 37.1 Å². The van der Waals surface area contributed by atoms with Crippen molar-refractivity contribution in [3.05, 3.63) is 28.8 Å². The SMILES string of the molecule is CCCCN1C(=O)[C@@H]2[C@H]([C@H](C)O)N[C@]3(C(=O)Nc4c(Cl)cccc43)[C@@H]2C1=O. The summed E-state index contributed by atoms with van der Waals surface area (Å²) in [6.07, 6.45) is 0.635. The third kappa shape index (κ3) is 2.31. The van der Waals surface area contributed by atoms with Crippen molar-refractivity contribution >= 4 is 35.0 Å². The number of anilines is 1. The number of para-hydroxylation sites is 1. The van der Waals surface area contributed by atoms with Crippen molar-refractivity contribution in [2.75, 3.05) is 11.9 Å². The van der Waals surface area contributed by atoms with Crippen LogP contribution >= 0.6 is 11.6 Å². The molecule has 0 bridgehead atoms. The van der Waals surface area contributed by atoms with Gasteiger partial charge in [0, 0.05) is 18.2 Å². The first-order valence-electron chi connectivity index (χ1n) is 9.26. The Morgan fingerprint density at radius 2 is 2.04 bits per heavy atom. The maximum atomic E-state index is 13.2.